The summed E-state index contributed by atoms with van der Waals surface area (Å²) < 4.78 is 32.5. The highest BCUT2D eigenvalue weighted by Gasteiger charge is 2.60. The second kappa shape index (κ2) is 6.09. The minimum absolute atomic E-state index is 0.307. The van der Waals surface area contributed by atoms with Crippen molar-refractivity contribution in [2.75, 3.05) is 6.61 Å². The molecule has 1 N–H and O–H groups in total. The van der Waals surface area contributed by atoms with Crippen LogP contribution in [0.1, 0.15) is 27.7 Å². The first-order chi connectivity index (χ1) is 10.9. The van der Waals surface area contributed by atoms with Crippen molar-refractivity contribution in [2.24, 2.45) is 0 Å². The largest absolute Gasteiger partial charge is 0.469 e. The maximum atomic E-state index is 7.85. The average molecular weight is 405 g/mol. The molecule has 0 saturated carbocycles. The number of hydrogen-bond acceptors (Lipinski definition) is 7. The Labute approximate surface area is 155 Å². The predicted octanol–water partition coefficient (Wildman–Crippen LogP) is 2.75. The molecule has 0 aromatic heterocycles. The van der Waals surface area contributed by atoms with Crippen LogP contribution in [0, 0.1) is 5.41 Å². The van der Waals surface area contributed by atoms with Gasteiger partial charge >= 0.3 is 0 Å². The summed E-state index contributed by atoms with van der Waals surface area (Å²) in [6.07, 6.45) is -2.99. The van der Waals surface area contributed by atoms with Gasteiger partial charge in [0.2, 0.25) is 5.90 Å². The molecule has 5 atom stereocenters. The summed E-state index contributed by atoms with van der Waals surface area (Å²) >= 11 is 17.2. The first kappa shape index (κ1) is 18.9. The van der Waals surface area contributed by atoms with E-state index in [-0.39, 0.29) is 0 Å². The van der Waals surface area contributed by atoms with Crippen LogP contribution >= 0.6 is 34.8 Å². The fraction of sp³-hybridized carbons (Fsp3) is 0.929. The number of ether oxygens (including phenoxy) is 6. The van der Waals surface area contributed by atoms with Gasteiger partial charge in [0.15, 0.2) is 30.1 Å². The Bertz CT molecular complexity index is 523. The zero-order valence-electron chi connectivity index (χ0n) is 13.7. The van der Waals surface area contributed by atoms with Crippen LogP contribution in [0.25, 0.3) is 0 Å². The van der Waals surface area contributed by atoms with Crippen molar-refractivity contribution in [3.8, 4) is 0 Å². The lowest BCUT2D eigenvalue weighted by atomic mass is 10.1. The predicted molar refractivity (Wildman–Crippen MR) is 86.5 cm³/mol. The second-order valence-corrected chi connectivity index (χ2v) is 9.13. The molecule has 0 amide bonds. The molecular formula is C14H20Cl3NO6. The molecule has 0 aliphatic carbocycles. The second-order valence-electron chi connectivity index (χ2n) is 6.85. The van der Waals surface area contributed by atoms with E-state index in [0.29, 0.717) is 6.61 Å². The molecule has 3 saturated heterocycles. The summed E-state index contributed by atoms with van der Waals surface area (Å²) in [5.74, 6) is -2.09. The monoisotopic (exact) mass is 403 g/mol. The van der Waals surface area contributed by atoms with Crippen LogP contribution in [-0.4, -0.2) is 58.6 Å². The summed E-state index contributed by atoms with van der Waals surface area (Å²) in [5.41, 5.74) is 0. The highest BCUT2D eigenvalue weighted by atomic mass is 35.6. The van der Waals surface area contributed by atoms with Crippen LogP contribution in [0.5, 0.6) is 0 Å². The van der Waals surface area contributed by atoms with Gasteiger partial charge in [-0.2, -0.15) is 0 Å². The van der Waals surface area contributed by atoms with Crippen molar-refractivity contribution >= 4 is 40.7 Å². The van der Waals surface area contributed by atoms with Gasteiger partial charge in [-0.15, -0.1) is 0 Å². The van der Waals surface area contributed by atoms with Crippen LogP contribution in [0.3, 0.4) is 0 Å². The van der Waals surface area contributed by atoms with Crippen molar-refractivity contribution < 1.29 is 28.4 Å². The van der Waals surface area contributed by atoms with Crippen LogP contribution in [0.2, 0.25) is 0 Å². The van der Waals surface area contributed by atoms with Crippen LogP contribution in [0.4, 0.5) is 0 Å². The summed E-state index contributed by atoms with van der Waals surface area (Å²) in [6.45, 7) is 7.44. The molecule has 24 heavy (non-hydrogen) atoms. The average Bonchev–Trinajstić information content (AvgIpc) is 3.00. The van der Waals surface area contributed by atoms with Gasteiger partial charge in [0.1, 0.15) is 12.2 Å². The van der Waals surface area contributed by atoms with Crippen LogP contribution < -0.4 is 0 Å². The number of alkyl halides is 3. The third kappa shape index (κ3) is 3.78. The minimum atomic E-state index is -1.98. The number of hydrogen-bond donors (Lipinski definition) is 1. The molecular weight excluding hydrogens is 385 g/mol. The lowest BCUT2D eigenvalue weighted by Crippen LogP contribution is -2.46. The van der Waals surface area contributed by atoms with Gasteiger partial charge in [0.25, 0.3) is 3.79 Å². The van der Waals surface area contributed by atoms with Gasteiger partial charge in [0.05, 0.1) is 6.61 Å². The van der Waals surface area contributed by atoms with Gasteiger partial charge < -0.3 is 28.4 Å². The minimum Gasteiger partial charge on any atom is -0.469 e. The molecule has 0 radical (unpaired) electrons. The fourth-order valence-electron chi connectivity index (χ4n) is 3.02. The topological polar surface area (TPSA) is 79.2 Å². The Morgan fingerprint density at radius 1 is 1.04 bits per heavy atom. The third-order valence-corrected chi connectivity index (χ3v) is 4.45. The van der Waals surface area contributed by atoms with Crippen molar-refractivity contribution in [1.29, 1.82) is 5.41 Å². The first-order valence-corrected chi connectivity index (χ1v) is 8.67. The lowest BCUT2D eigenvalue weighted by Gasteiger charge is -2.30. The molecule has 7 nitrogen and oxygen atoms in total. The van der Waals surface area contributed by atoms with Crippen molar-refractivity contribution in [3.05, 3.63) is 0 Å². The number of nitrogens with one attached hydrogen (secondary N) is 1. The SMILES string of the molecule is CC1(C)O[C@H]2O[C@H]([C@H]3COC(C)(C)O3)[C@H](OC(=N)C(Cl)(Cl)Cl)[C@H]2O1. The molecule has 3 rings (SSSR count). The van der Waals surface area contributed by atoms with E-state index in [4.69, 9.17) is 68.6 Å². The van der Waals surface area contributed by atoms with Gasteiger partial charge in [-0.25, -0.2) is 0 Å². The standard InChI is InChI=1S/C14H20Cl3NO6/c1-12(2)19-5-6(22-12)7-8(21-11(18)14(15,16)17)9-10(20-7)24-13(3,4)23-9/h6-10,18H,5H2,1-4H3/t6-,7-,8+,9-,10-/m1/s1. The zero-order chi connectivity index (χ0) is 17.9. The van der Waals surface area contributed by atoms with E-state index in [1.165, 1.54) is 0 Å². The number of halogens is 3. The molecule has 0 unspecified atom stereocenters. The lowest BCUT2D eigenvalue weighted by molar-refractivity contribution is -0.231. The van der Waals surface area contributed by atoms with Gasteiger partial charge in [-0.1, -0.05) is 34.8 Å². The zero-order valence-corrected chi connectivity index (χ0v) is 15.9. The van der Waals surface area contributed by atoms with E-state index in [9.17, 15) is 0 Å². The quantitative estimate of drug-likeness (QED) is 0.433. The molecule has 3 fully saturated rings. The highest BCUT2D eigenvalue weighted by molar-refractivity contribution is 6.76. The van der Waals surface area contributed by atoms with Crippen LogP contribution in [-0.2, 0) is 28.4 Å². The Morgan fingerprint density at radius 2 is 1.71 bits per heavy atom. The normalized spacial score (nSPS) is 40.5. The Morgan fingerprint density at radius 3 is 2.25 bits per heavy atom. The smallest absolute Gasteiger partial charge is 0.265 e. The third-order valence-electron chi connectivity index (χ3n) is 3.94. The summed E-state index contributed by atoms with van der Waals surface area (Å²) in [4.78, 5) is 0. The van der Waals surface area contributed by atoms with Crippen LogP contribution in [0.15, 0.2) is 0 Å². The molecule has 3 heterocycles. The van der Waals surface area contributed by atoms with E-state index in [1.807, 2.05) is 0 Å². The maximum absolute atomic E-state index is 7.85. The highest BCUT2D eigenvalue weighted by Crippen LogP contribution is 2.43. The molecule has 0 aromatic carbocycles. The van der Waals surface area contributed by atoms with E-state index in [1.54, 1.807) is 27.7 Å². The van der Waals surface area contributed by atoms with E-state index in [2.05, 4.69) is 0 Å². The Kier molecular flexibility index (Phi) is 4.80. The summed E-state index contributed by atoms with van der Waals surface area (Å²) in [7, 11) is 0. The molecule has 0 aromatic rings. The van der Waals surface area contributed by atoms with E-state index in [0.717, 1.165) is 0 Å². The maximum Gasteiger partial charge on any atom is 0.265 e. The Hall–Kier alpha value is 0.140. The van der Waals surface area contributed by atoms with Crippen molar-refractivity contribution in [2.45, 2.75) is 73.8 Å². The van der Waals surface area contributed by atoms with E-state index >= 15 is 0 Å². The van der Waals surface area contributed by atoms with Crippen molar-refractivity contribution in [3.63, 3.8) is 0 Å². The first-order valence-electron chi connectivity index (χ1n) is 7.53. The summed E-state index contributed by atoms with van der Waals surface area (Å²) in [5, 5.41) is 7.85. The summed E-state index contributed by atoms with van der Waals surface area (Å²) in [6, 6.07) is 0. The number of fused-ring (bicyclic) bond motifs is 1. The molecule has 10 heteroatoms. The van der Waals surface area contributed by atoms with Gasteiger partial charge in [-0.05, 0) is 27.7 Å². The molecule has 0 bridgehead atoms. The van der Waals surface area contributed by atoms with E-state index < -0.39 is 52.0 Å². The fourth-order valence-corrected chi connectivity index (χ4v) is 3.15. The molecule has 0 spiro atoms. The Balaban J connectivity index is 1.79. The molecule has 3 aliphatic rings. The number of rotatable bonds is 2. The van der Waals surface area contributed by atoms with Gasteiger partial charge in [-0.3, -0.25) is 5.41 Å². The van der Waals surface area contributed by atoms with Gasteiger partial charge in [0, 0.05) is 0 Å². The molecule has 138 valence electrons. The molecule has 3 aliphatic heterocycles. The van der Waals surface area contributed by atoms with Crippen molar-refractivity contribution in [1.82, 2.24) is 0 Å².